The van der Waals surface area contributed by atoms with E-state index in [2.05, 4.69) is 0 Å². The van der Waals surface area contributed by atoms with Crippen molar-refractivity contribution in [1.29, 1.82) is 0 Å². The van der Waals surface area contributed by atoms with Crippen LogP contribution in [0, 0.1) is 0 Å². The smallest absolute Gasteiger partial charge is 0.460 e. The number of rotatable bonds is 7. The molecule has 1 saturated heterocycles. The second-order valence-corrected chi connectivity index (χ2v) is 8.55. The van der Waals surface area contributed by atoms with Gasteiger partial charge in [-0.1, -0.05) is 24.3 Å². The number of ether oxygens (including phenoxy) is 1. The van der Waals surface area contributed by atoms with Crippen LogP contribution in [0.5, 0.6) is 5.75 Å². The lowest BCUT2D eigenvalue weighted by Crippen LogP contribution is -2.65. The fourth-order valence-electron chi connectivity index (χ4n) is 2.86. The van der Waals surface area contributed by atoms with Crippen molar-refractivity contribution in [2.45, 2.75) is 42.2 Å². The van der Waals surface area contributed by atoms with Crippen LogP contribution in [0.15, 0.2) is 30.3 Å². The Morgan fingerprint density at radius 2 is 1.52 bits per heavy atom. The Morgan fingerprint density at radius 3 is 2.00 bits per heavy atom. The average Bonchev–Trinajstić information content (AvgIpc) is 3.14. The summed E-state index contributed by atoms with van der Waals surface area (Å²) in [4.78, 5) is 0. The molecule has 0 aromatic heterocycles. The Labute approximate surface area is 171 Å². The average molecular weight is 485 g/mol. The van der Waals surface area contributed by atoms with Gasteiger partial charge < -0.3 is 4.74 Å². The summed E-state index contributed by atoms with van der Waals surface area (Å²) >= 11 is 0. The largest absolute Gasteiger partial charge is 0.497 e. The highest BCUT2D eigenvalue weighted by Gasteiger charge is 2.86. The molecule has 4 nitrogen and oxygen atoms in total. The van der Waals surface area contributed by atoms with Gasteiger partial charge in [0.15, 0.2) is 0 Å². The Kier molecular flexibility index (Phi) is 6.68. The van der Waals surface area contributed by atoms with E-state index in [0.29, 0.717) is 11.3 Å². The molecule has 0 bridgehead atoms. The van der Waals surface area contributed by atoms with E-state index in [-0.39, 0.29) is 17.1 Å². The predicted molar refractivity (Wildman–Crippen MR) is 91.6 cm³/mol. The third-order valence-corrected chi connectivity index (χ3v) is 6.60. The van der Waals surface area contributed by atoms with Crippen molar-refractivity contribution in [2.75, 3.05) is 13.7 Å². The molecule has 1 aliphatic rings. The molecular weight excluding hydrogens is 469 g/mol. The normalized spacial score (nSPS) is 19.9. The minimum atomic E-state index is -7.29. The van der Waals surface area contributed by atoms with Gasteiger partial charge in [0.1, 0.15) is 5.75 Å². The molecule has 31 heavy (non-hydrogen) atoms. The summed E-state index contributed by atoms with van der Waals surface area (Å²) in [6.45, 7) is -0.761. The zero-order valence-electron chi connectivity index (χ0n) is 15.6. The molecule has 0 amide bonds. The molecule has 2 rings (SSSR count). The molecule has 0 radical (unpaired) electrons. The summed E-state index contributed by atoms with van der Waals surface area (Å²) in [6, 6.07) is 4.56. The van der Waals surface area contributed by atoms with Gasteiger partial charge in [0.2, 0.25) is 0 Å². The fraction of sp³-hybridized carbons (Fsp3) is 0.529. The quantitative estimate of drug-likeness (QED) is 0.515. The molecule has 1 atom stereocenters. The van der Waals surface area contributed by atoms with Crippen LogP contribution in [0.25, 0.3) is 6.08 Å². The van der Waals surface area contributed by atoms with E-state index in [9.17, 15) is 47.9 Å². The molecule has 0 N–H and O–H groups in total. The van der Waals surface area contributed by atoms with Gasteiger partial charge in [0, 0.05) is 12.6 Å². The molecule has 0 aliphatic carbocycles. The van der Waals surface area contributed by atoms with Crippen molar-refractivity contribution in [3.63, 3.8) is 0 Å². The number of benzene rings is 1. The highest BCUT2D eigenvalue weighted by molar-refractivity contribution is 7.90. The fourth-order valence-corrected chi connectivity index (χ4v) is 4.51. The second-order valence-electron chi connectivity index (χ2n) is 6.62. The van der Waals surface area contributed by atoms with Gasteiger partial charge in [-0.05, 0) is 30.5 Å². The van der Waals surface area contributed by atoms with E-state index in [1.807, 2.05) is 0 Å². The van der Waals surface area contributed by atoms with Crippen molar-refractivity contribution < 1.29 is 52.7 Å². The van der Waals surface area contributed by atoms with Crippen molar-refractivity contribution in [1.82, 2.24) is 4.31 Å². The Balaban J connectivity index is 2.36. The summed E-state index contributed by atoms with van der Waals surface area (Å²) in [5.74, 6) is -14.1. The van der Waals surface area contributed by atoms with Crippen LogP contribution in [0.4, 0.5) is 39.5 Å². The van der Waals surface area contributed by atoms with E-state index >= 15 is 0 Å². The number of halogens is 9. The number of sulfonamides is 1. The third kappa shape index (κ3) is 4.23. The van der Waals surface area contributed by atoms with Gasteiger partial charge in [-0.2, -0.15) is 43.8 Å². The molecule has 0 unspecified atom stereocenters. The first-order chi connectivity index (χ1) is 14.0. The van der Waals surface area contributed by atoms with Crippen LogP contribution >= 0.6 is 0 Å². The van der Waals surface area contributed by atoms with E-state index < -0.39 is 45.9 Å². The van der Waals surface area contributed by atoms with Gasteiger partial charge in [-0.3, -0.25) is 0 Å². The summed E-state index contributed by atoms with van der Waals surface area (Å²) < 4.78 is 147. The maximum Gasteiger partial charge on any atom is 0.460 e. The molecule has 1 aromatic rings. The van der Waals surface area contributed by atoms with E-state index in [1.54, 1.807) is 0 Å². The minimum absolute atomic E-state index is 0.103. The SMILES string of the molecule is COc1ccc(/C=C/[C@@H]2CCCN2S(=O)(=O)C(F)(F)C(F)(F)C(F)(F)C(F)(F)F)cc1. The van der Waals surface area contributed by atoms with Crippen molar-refractivity contribution in [3.05, 3.63) is 35.9 Å². The zero-order chi connectivity index (χ0) is 23.9. The minimum Gasteiger partial charge on any atom is -0.497 e. The maximum absolute atomic E-state index is 14.1. The summed E-state index contributed by atoms with van der Waals surface area (Å²) in [7, 11) is -5.21. The van der Waals surface area contributed by atoms with Crippen LogP contribution in [-0.2, 0) is 10.0 Å². The molecule has 14 heteroatoms. The molecular formula is C17H16F9NO3S. The van der Waals surface area contributed by atoms with Crippen LogP contribution in [0.3, 0.4) is 0 Å². The van der Waals surface area contributed by atoms with Crippen LogP contribution in [-0.4, -0.2) is 55.7 Å². The summed E-state index contributed by atoms with van der Waals surface area (Å²) in [6.07, 6.45) is -5.02. The topological polar surface area (TPSA) is 46.6 Å². The standard InChI is InChI=1S/C17H16F9NO3S/c1-30-13-8-5-11(6-9-13)4-7-12-3-2-10-27(12)31(28,29)17(25,26)15(20,21)14(18,19)16(22,23)24/h4-9,12H,2-3,10H2,1H3/b7-4+/t12-/m0/s1. The Morgan fingerprint density at radius 1 is 0.968 bits per heavy atom. The number of nitrogens with zero attached hydrogens (tertiary/aromatic N) is 1. The van der Waals surface area contributed by atoms with Gasteiger partial charge in [0.05, 0.1) is 7.11 Å². The summed E-state index contributed by atoms with van der Waals surface area (Å²) in [5.41, 5.74) is 0.436. The third-order valence-electron chi connectivity index (χ3n) is 4.62. The van der Waals surface area contributed by atoms with Crippen molar-refractivity contribution in [2.24, 2.45) is 0 Å². The highest BCUT2D eigenvalue weighted by Crippen LogP contribution is 2.55. The first kappa shape index (κ1) is 25.3. The predicted octanol–water partition coefficient (Wildman–Crippen LogP) is 4.93. The van der Waals surface area contributed by atoms with Gasteiger partial charge >= 0.3 is 23.3 Å². The second kappa shape index (κ2) is 8.19. The number of hydrogen-bond acceptors (Lipinski definition) is 3. The van der Waals surface area contributed by atoms with E-state index in [1.165, 1.54) is 37.5 Å². The first-order valence-corrected chi connectivity index (χ1v) is 9.98. The zero-order valence-corrected chi connectivity index (χ0v) is 16.5. The van der Waals surface area contributed by atoms with Gasteiger partial charge in [-0.15, -0.1) is 0 Å². The summed E-state index contributed by atoms with van der Waals surface area (Å²) in [5, 5.41) is -6.73. The van der Waals surface area contributed by atoms with E-state index in [0.717, 1.165) is 6.08 Å². The number of alkyl halides is 9. The Hall–Kier alpha value is -1.96. The van der Waals surface area contributed by atoms with Gasteiger partial charge in [0.25, 0.3) is 10.0 Å². The lowest BCUT2D eigenvalue weighted by molar-refractivity contribution is -0.382. The molecule has 1 aliphatic heterocycles. The molecule has 176 valence electrons. The monoisotopic (exact) mass is 485 g/mol. The molecule has 0 saturated carbocycles. The molecule has 1 aromatic carbocycles. The van der Waals surface area contributed by atoms with Crippen LogP contribution in [0.2, 0.25) is 0 Å². The lowest BCUT2D eigenvalue weighted by Gasteiger charge is -2.35. The molecule has 0 spiro atoms. The van der Waals surface area contributed by atoms with E-state index in [4.69, 9.17) is 4.74 Å². The molecule has 1 fully saturated rings. The van der Waals surface area contributed by atoms with Gasteiger partial charge in [-0.25, -0.2) is 8.42 Å². The number of methoxy groups -OCH3 is 1. The molecule has 1 heterocycles. The lowest BCUT2D eigenvalue weighted by atomic mass is 10.1. The van der Waals surface area contributed by atoms with Crippen molar-refractivity contribution >= 4 is 16.1 Å². The highest BCUT2D eigenvalue weighted by atomic mass is 32.2. The van der Waals surface area contributed by atoms with Crippen molar-refractivity contribution in [3.8, 4) is 5.75 Å². The first-order valence-electron chi connectivity index (χ1n) is 8.54. The Bertz CT molecular complexity index is 912. The van der Waals surface area contributed by atoms with Crippen LogP contribution < -0.4 is 4.74 Å². The number of hydrogen-bond donors (Lipinski definition) is 0. The maximum atomic E-state index is 14.1. The van der Waals surface area contributed by atoms with Crippen LogP contribution in [0.1, 0.15) is 18.4 Å².